The smallest absolute Gasteiger partial charge is 0.305 e. The second-order valence-electron chi connectivity index (χ2n) is 4.59. The minimum atomic E-state index is -4.48. The van der Waals surface area contributed by atoms with Gasteiger partial charge in [-0.3, -0.25) is 9.69 Å². The number of hydrogen-bond donors (Lipinski definition) is 0. The van der Waals surface area contributed by atoms with E-state index in [0.717, 1.165) is 11.0 Å². The van der Waals surface area contributed by atoms with Crippen molar-refractivity contribution in [1.82, 2.24) is 19.7 Å². The highest BCUT2D eigenvalue weighted by Gasteiger charge is 2.39. The molecule has 0 spiro atoms. The lowest BCUT2D eigenvalue weighted by Crippen LogP contribution is -2.38. The van der Waals surface area contributed by atoms with Crippen LogP contribution in [0.3, 0.4) is 0 Å². The fourth-order valence-electron chi connectivity index (χ4n) is 2.16. The van der Waals surface area contributed by atoms with Gasteiger partial charge >= 0.3 is 6.18 Å². The second kappa shape index (κ2) is 5.28. The van der Waals surface area contributed by atoms with Crippen LogP contribution in [0.15, 0.2) is 0 Å². The van der Waals surface area contributed by atoms with Gasteiger partial charge in [0.1, 0.15) is 11.6 Å². The van der Waals surface area contributed by atoms with Gasteiger partial charge in [-0.15, -0.1) is 10.2 Å². The minimum Gasteiger partial charge on any atom is -0.305 e. The summed E-state index contributed by atoms with van der Waals surface area (Å²) < 4.78 is 39.0. The van der Waals surface area contributed by atoms with Crippen LogP contribution in [0.2, 0.25) is 0 Å². The maximum absolute atomic E-state index is 12.6. The molecule has 5 nitrogen and oxygen atoms in total. The van der Waals surface area contributed by atoms with E-state index in [-0.39, 0.29) is 31.2 Å². The summed E-state index contributed by atoms with van der Waals surface area (Å²) in [6.07, 6.45) is -3.20. The van der Waals surface area contributed by atoms with Gasteiger partial charge in [0, 0.05) is 19.5 Å². The molecule has 106 valence electrons. The zero-order valence-corrected chi connectivity index (χ0v) is 10.6. The van der Waals surface area contributed by atoms with Crippen molar-refractivity contribution in [1.29, 1.82) is 0 Å². The van der Waals surface area contributed by atoms with Crippen molar-refractivity contribution in [3.05, 3.63) is 11.6 Å². The quantitative estimate of drug-likeness (QED) is 0.836. The fourth-order valence-corrected chi connectivity index (χ4v) is 2.16. The van der Waals surface area contributed by atoms with E-state index in [4.69, 9.17) is 0 Å². The van der Waals surface area contributed by atoms with Gasteiger partial charge in [-0.1, -0.05) is 6.92 Å². The number of fused-ring (bicyclic) bond motifs is 1. The third kappa shape index (κ3) is 3.12. The van der Waals surface area contributed by atoms with Crippen LogP contribution in [0.25, 0.3) is 0 Å². The molecular weight excluding hydrogens is 261 g/mol. The number of halogens is 3. The Labute approximate surface area is 108 Å². The number of hydrogen-bond acceptors (Lipinski definition) is 4. The molecule has 0 saturated heterocycles. The maximum atomic E-state index is 12.6. The zero-order chi connectivity index (χ0) is 14.0. The molecule has 0 aromatic carbocycles. The van der Waals surface area contributed by atoms with Gasteiger partial charge in [-0.25, -0.2) is 0 Å². The topological polar surface area (TPSA) is 51.0 Å². The fraction of sp³-hybridized carbons (Fsp3) is 0.727. The molecule has 0 N–H and O–H groups in total. The summed E-state index contributed by atoms with van der Waals surface area (Å²) in [4.78, 5) is 13.3. The zero-order valence-electron chi connectivity index (χ0n) is 10.6. The molecular formula is C11H15F3N4O. The van der Waals surface area contributed by atoms with Crippen molar-refractivity contribution in [2.45, 2.75) is 39.0 Å². The second-order valence-corrected chi connectivity index (χ2v) is 4.59. The van der Waals surface area contributed by atoms with E-state index in [2.05, 4.69) is 10.2 Å². The predicted molar refractivity (Wildman–Crippen MR) is 60.2 cm³/mol. The minimum absolute atomic E-state index is 0.103. The van der Waals surface area contributed by atoms with E-state index < -0.39 is 12.0 Å². The highest BCUT2D eigenvalue weighted by atomic mass is 19.4. The first kappa shape index (κ1) is 14.0. The number of carbonyl (C=O) groups excluding carboxylic acids is 1. The monoisotopic (exact) mass is 276 g/mol. The highest BCUT2D eigenvalue weighted by Crippen LogP contribution is 2.29. The molecule has 0 fully saturated rings. The van der Waals surface area contributed by atoms with Crippen LogP contribution in [0.5, 0.6) is 0 Å². The van der Waals surface area contributed by atoms with Crippen molar-refractivity contribution < 1.29 is 18.0 Å². The molecule has 0 radical (unpaired) electrons. The summed E-state index contributed by atoms with van der Waals surface area (Å²) in [6.45, 7) is 2.99. The van der Waals surface area contributed by atoms with Gasteiger partial charge in [0.2, 0.25) is 5.82 Å². The van der Waals surface area contributed by atoms with E-state index in [9.17, 15) is 18.0 Å². The molecule has 0 aliphatic carbocycles. The molecule has 0 amide bonds. The lowest BCUT2D eigenvalue weighted by molar-refractivity contribution is -0.148. The molecule has 0 bridgehead atoms. The Morgan fingerprint density at radius 2 is 2.05 bits per heavy atom. The summed E-state index contributed by atoms with van der Waals surface area (Å²) in [5.74, 6) is -0.587. The van der Waals surface area contributed by atoms with Gasteiger partial charge in [0.15, 0.2) is 0 Å². The van der Waals surface area contributed by atoms with E-state index in [1.807, 2.05) is 11.8 Å². The standard InChI is InChI=1S/C11H15F3N4O/c1-2-3-8(19)6-17-4-5-18-9(7-17)15-16-10(18)11(12,13)14/h2-7H2,1H3. The number of ketones is 1. The molecule has 0 unspecified atom stereocenters. The molecule has 0 saturated carbocycles. The normalized spacial score (nSPS) is 16.4. The first-order chi connectivity index (χ1) is 8.91. The van der Waals surface area contributed by atoms with Crippen molar-refractivity contribution in [3.8, 4) is 0 Å². The van der Waals surface area contributed by atoms with Crippen molar-refractivity contribution in [2.75, 3.05) is 13.1 Å². The average molecular weight is 276 g/mol. The van der Waals surface area contributed by atoms with E-state index in [1.54, 1.807) is 0 Å². The van der Waals surface area contributed by atoms with Crippen LogP contribution in [-0.4, -0.2) is 38.5 Å². The molecule has 1 aromatic rings. The Kier molecular flexibility index (Phi) is 3.88. The number of aromatic nitrogens is 3. The van der Waals surface area contributed by atoms with E-state index in [1.165, 1.54) is 0 Å². The lowest BCUT2D eigenvalue weighted by atomic mass is 10.2. The summed E-state index contributed by atoms with van der Waals surface area (Å²) >= 11 is 0. The Morgan fingerprint density at radius 3 is 2.68 bits per heavy atom. The molecule has 1 aliphatic rings. The number of alkyl halides is 3. The maximum Gasteiger partial charge on any atom is 0.451 e. The van der Waals surface area contributed by atoms with Crippen molar-refractivity contribution >= 4 is 5.78 Å². The van der Waals surface area contributed by atoms with Gasteiger partial charge in [-0.2, -0.15) is 13.2 Å². The Hall–Kier alpha value is -1.44. The first-order valence-corrected chi connectivity index (χ1v) is 6.15. The Balaban J connectivity index is 2.05. The van der Waals surface area contributed by atoms with Crippen molar-refractivity contribution in [2.24, 2.45) is 0 Å². The summed E-state index contributed by atoms with van der Waals surface area (Å²) in [5, 5.41) is 6.76. The van der Waals surface area contributed by atoms with Crippen LogP contribution in [0, 0.1) is 0 Å². The third-order valence-corrected chi connectivity index (χ3v) is 3.01. The summed E-state index contributed by atoms with van der Waals surface area (Å²) in [6, 6.07) is 0. The average Bonchev–Trinajstić information content (AvgIpc) is 2.71. The molecule has 2 rings (SSSR count). The van der Waals surface area contributed by atoms with Crippen molar-refractivity contribution in [3.63, 3.8) is 0 Å². The van der Waals surface area contributed by atoms with Gasteiger partial charge in [0.05, 0.1) is 13.1 Å². The molecule has 19 heavy (non-hydrogen) atoms. The SMILES string of the molecule is CCCC(=O)CN1CCn2c(nnc2C(F)(F)F)C1. The van der Waals surface area contributed by atoms with E-state index >= 15 is 0 Å². The predicted octanol–water partition coefficient (Wildman–Crippen LogP) is 1.48. The van der Waals surface area contributed by atoms with Gasteiger partial charge in [-0.05, 0) is 6.42 Å². The van der Waals surface area contributed by atoms with Gasteiger partial charge in [0.25, 0.3) is 0 Å². The van der Waals surface area contributed by atoms with Crippen LogP contribution in [0.1, 0.15) is 31.4 Å². The molecule has 0 atom stereocenters. The largest absolute Gasteiger partial charge is 0.451 e. The first-order valence-electron chi connectivity index (χ1n) is 6.15. The highest BCUT2D eigenvalue weighted by molar-refractivity contribution is 5.80. The van der Waals surface area contributed by atoms with Crippen LogP contribution >= 0.6 is 0 Å². The molecule has 1 aliphatic heterocycles. The Bertz CT molecular complexity index is 469. The third-order valence-electron chi connectivity index (χ3n) is 3.01. The number of Topliss-reactive ketones (excluding diaryl/α,β-unsaturated/α-hetero) is 1. The summed E-state index contributed by atoms with van der Waals surface area (Å²) in [5.41, 5.74) is 0. The van der Waals surface area contributed by atoms with Gasteiger partial charge < -0.3 is 4.57 Å². The molecule has 1 aromatic heterocycles. The number of rotatable bonds is 4. The van der Waals surface area contributed by atoms with Crippen LogP contribution in [-0.2, 0) is 24.1 Å². The molecule has 2 heterocycles. The van der Waals surface area contributed by atoms with E-state index in [0.29, 0.717) is 13.0 Å². The Morgan fingerprint density at radius 1 is 1.32 bits per heavy atom. The lowest BCUT2D eigenvalue weighted by Gasteiger charge is -2.27. The molecule has 8 heteroatoms. The number of nitrogens with zero attached hydrogens (tertiary/aromatic N) is 4. The summed E-state index contributed by atoms with van der Waals surface area (Å²) in [7, 11) is 0. The van der Waals surface area contributed by atoms with Crippen LogP contribution in [0.4, 0.5) is 13.2 Å². The number of carbonyl (C=O) groups is 1. The van der Waals surface area contributed by atoms with Crippen LogP contribution < -0.4 is 0 Å².